The molecule has 0 bridgehead atoms. The van der Waals surface area contributed by atoms with Crippen molar-refractivity contribution >= 4 is 76.0 Å². The van der Waals surface area contributed by atoms with Crippen LogP contribution in [0.1, 0.15) is 49.7 Å². The van der Waals surface area contributed by atoms with Crippen molar-refractivity contribution in [1.82, 2.24) is 20.6 Å². The van der Waals surface area contributed by atoms with Crippen LogP contribution in [0.2, 0.25) is 0 Å². The van der Waals surface area contributed by atoms with Crippen molar-refractivity contribution in [3.05, 3.63) is 177 Å². The Morgan fingerprint density at radius 3 is 1.96 bits per heavy atom. The molecule has 2 N–H and O–H groups in total. The third kappa shape index (κ3) is 10.1. The second kappa shape index (κ2) is 21.9. The van der Waals surface area contributed by atoms with Crippen LogP contribution in [0, 0.1) is 0 Å². The molecule has 4 atom stereocenters. The van der Waals surface area contributed by atoms with Gasteiger partial charge in [0.15, 0.2) is 5.92 Å². The number of hydrogen-bond acceptors (Lipinski definition) is 16. The molecule has 0 saturated carbocycles. The van der Waals surface area contributed by atoms with Crippen molar-refractivity contribution in [2.75, 3.05) is 21.3 Å². The number of methoxy groups -OCH3 is 3. The van der Waals surface area contributed by atoms with Crippen LogP contribution in [0.15, 0.2) is 139 Å². The first-order valence-corrected chi connectivity index (χ1v) is 23.8. The summed E-state index contributed by atoms with van der Waals surface area (Å²) in [4.78, 5) is 77.0. The topological polar surface area (TPSA) is 202 Å². The number of β-lactam (4-membered cyclic amide) rings is 1. The average molecular weight is 1000 g/mol. The molecular weight excluding hydrogens is 957 g/mol. The Bertz CT molecular complexity index is 2880. The van der Waals surface area contributed by atoms with Crippen LogP contribution < -0.4 is 19.7 Å². The highest BCUT2D eigenvalue weighted by Gasteiger charge is 2.67. The molecule has 70 heavy (non-hydrogen) atoms. The van der Waals surface area contributed by atoms with E-state index in [0.717, 1.165) is 28.0 Å². The molecule has 1 aromatic heterocycles. The number of thioether (sulfide) groups is 1. The lowest BCUT2D eigenvalue weighted by Crippen LogP contribution is -2.75. The van der Waals surface area contributed by atoms with Crippen molar-refractivity contribution in [1.29, 1.82) is 0 Å². The predicted molar refractivity (Wildman–Crippen MR) is 262 cm³/mol. The molecule has 19 heteroatoms. The van der Waals surface area contributed by atoms with Crippen LogP contribution in [0.25, 0.3) is 5.57 Å². The van der Waals surface area contributed by atoms with Gasteiger partial charge in [-0.15, -0.1) is 22.0 Å². The molecule has 6 aromatic rings. The summed E-state index contributed by atoms with van der Waals surface area (Å²) >= 11 is 7.64. The second-order valence-electron chi connectivity index (χ2n) is 15.8. The Balaban J connectivity index is 1.19. The number of thiocarbonyl (C=S) groups is 1. The number of carboxylic acid groups (broad SMARTS) is 1. The normalized spacial score (nSPS) is 17.7. The van der Waals surface area contributed by atoms with Crippen molar-refractivity contribution < 1.29 is 57.6 Å². The minimum absolute atomic E-state index is 0.0454. The van der Waals surface area contributed by atoms with Crippen LogP contribution >= 0.6 is 35.3 Å². The van der Waals surface area contributed by atoms with E-state index in [9.17, 15) is 24.3 Å². The summed E-state index contributed by atoms with van der Waals surface area (Å²) in [6.07, 6.45) is -0.469. The third-order valence-electron chi connectivity index (χ3n) is 11.6. The number of hydroxylamine groups is 1. The Hall–Kier alpha value is -7.45. The Labute approximate surface area is 415 Å². The molecule has 8 rings (SSSR count). The number of para-hydroxylation sites is 1. The molecule has 2 amide bonds. The van der Waals surface area contributed by atoms with Crippen LogP contribution in [0.5, 0.6) is 17.2 Å². The molecule has 1 fully saturated rings. The average Bonchev–Trinajstić information content (AvgIpc) is 3.85. The van der Waals surface area contributed by atoms with Gasteiger partial charge >= 0.3 is 17.9 Å². The number of carbonyl (C=O) groups excluding carboxylic acids is 4. The molecule has 16 nitrogen and oxygen atoms in total. The molecule has 3 heterocycles. The number of hydrogen-bond donors (Lipinski definition) is 2. The summed E-state index contributed by atoms with van der Waals surface area (Å²) in [5.74, 6) is -6.11. The van der Waals surface area contributed by atoms with Gasteiger partial charge < -0.3 is 33.6 Å². The number of aromatic nitrogens is 2. The standard InChI is InChI=1S/C51H44N4O12S3/c1-62-34-22-18-30(19-23-34)27-65-37-17-11-10-16-36(37)41(47(59)66-28-31-20-24-35(63-2)25-21-31)45(58)54-67-48(60)43-42(46-53-52-38(69-46)26-39(56)57)44(70-50-51(29-68,64-3)49(61)55(43)50)40(32-12-6-4-7-13-32)33-14-8-5-9-15-33/h4-25,29,40-41,44,50H,26-28H2,1-3H3,(H,54,58)(H,56,57)/t41?,44?,50-,51-/m0/s1. The SMILES string of the molecule is COc1ccc(COC(=O)C(C(=O)NOC(=O)C2=C(c3nnc(CC(=O)O)s3)C(C(c3ccccc3)c3ccccc3)S[C@@H]3N2C(=O)[C@]3(C=S)OC)c2ccccc2OCc2ccc(OC)cc2)cc1. The lowest BCUT2D eigenvalue weighted by molar-refractivity contribution is -0.173. The van der Waals surface area contributed by atoms with E-state index in [0.29, 0.717) is 17.1 Å². The van der Waals surface area contributed by atoms with Gasteiger partial charge in [-0.2, -0.15) is 5.48 Å². The molecule has 2 aliphatic heterocycles. The third-order valence-corrected chi connectivity index (χ3v) is 14.5. The number of rotatable bonds is 19. The van der Waals surface area contributed by atoms with E-state index in [1.54, 1.807) is 73.8 Å². The summed E-state index contributed by atoms with van der Waals surface area (Å²) in [5.41, 5.74) is 3.47. The number of benzene rings is 5. The number of fused-ring (bicyclic) bond motifs is 1. The van der Waals surface area contributed by atoms with Gasteiger partial charge in [0.1, 0.15) is 51.5 Å². The molecule has 0 radical (unpaired) electrons. The summed E-state index contributed by atoms with van der Waals surface area (Å²) in [7, 11) is 4.42. The number of amides is 2. The fraction of sp³-hybridized carbons (Fsp3) is 0.216. The Morgan fingerprint density at radius 2 is 1.39 bits per heavy atom. The molecule has 358 valence electrons. The van der Waals surface area contributed by atoms with Gasteiger partial charge in [-0.25, -0.2) is 4.79 Å². The minimum Gasteiger partial charge on any atom is -0.497 e. The van der Waals surface area contributed by atoms with E-state index < -0.39 is 64.2 Å². The molecule has 2 unspecified atom stereocenters. The first kappa shape index (κ1) is 49.0. The number of ether oxygens (including phenoxy) is 5. The van der Waals surface area contributed by atoms with Crippen LogP contribution in [0.3, 0.4) is 0 Å². The molecule has 1 saturated heterocycles. The first-order chi connectivity index (χ1) is 34.0. The van der Waals surface area contributed by atoms with E-state index in [2.05, 4.69) is 15.7 Å². The number of nitrogens with one attached hydrogen (secondary N) is 1. The smallest absolute Gasteiger partial charge is 0.379 e. The maximum Gasteiger partial charge on any atom is 0.379 e. The van der Waals surface area contributed by atoms with Crippen LogP contribution in [-0.2, 0) is 57.9 Å². The van der Waals surface area contributed by atoms with Gasteiger partial charge in [0.25, 0.3) is 11.8 Å². The lowest BCUT2D eigenvalue weighted by Gasteiger charge is -2.56. The van der Waals surface area contributed by atoms with E-state index in [-0.39, 0.29) is 45.8 Å². The van der Waals surface area contributed by atoms with Crippen LogP contribution in [0.4, 0.5) is 0 Å². The molecule has 5 aromatic carbocycles. The molecule has 0 aliphatic carbocycles. The predicted octanol–water partition coefficient (Wildman–Crippen LogP) is 7.07. The largest absolute Gasteiger partial charge is 0.497 e. The van der Waals surface area contributed by atoms with E-state index in [4.69, 9.17) is 40.7 Å². The summed E-state index contributed by atoms with van der Waals surface area (Å²) in [6.45, 7) is -0.185. The summed E-state index contributed by atoms with van der Waals surface area (Å²) in [5, 5.41) is 18.0. The molecular formula is C51H44N4O12S3. The van der Waals surface area contributed by atoms with Gasteiger partial charge in [0.05, 0.1) is 20.6 Å². The van der Waals surface area contributed by atoms with E-state index >= 15 is 4.79 Å². The van der Waals surface area contributed by atoms with Gasteiger partial charge in [0.2, 0.25) is 5.60 Å². The van der Waals surface area contributed by atoms with Crippen molar-refractivity contribution in [3.8, 4) is 17.2 Å². The van der Waals surface area contributed by atoms with Gasteiger partial charge in [0, 0.05) is 34.8 Å². The zero-order valence-electron chi connectivity index (χ0n) is 37.7. The zero-order valence-corrected chi connectivity index (χ0v) is 40.2. The maximum absolute atomic E-state index is 15.0. The van der Waals surface area contributed by atoms with Crippen LogP contribution in [-0.4, -0.2) is 92.8 Å². The number of carbonyl (C=O) groups is 5. The molecule has 0 spiro atoms. The highest BCUT2D eigenvalue weighted by molar-refractivity contribution is 8.01. The highest BCUT2D eigenvalue weighted by atomic mass is 32.2. The van der Waals surface area contributed by atoms with Gasteiger partial charge in [-0.05, 0) is 52.6 Å². The Kier molecular flexibility index (Phi) is 15.3. The highest BCUT2D eigenvalue weighted by Crippen LogP contribution is 2.57. The number of carboxylic acids is 1. The monoisotopic (exact) mass is 1000 g/mol. The second-order valence-corrected chi connectivity index (χ2v) is 18.3. The maximum atomic E-state index is 15.0. The summed E-state index contributed by atoms with van der Waals surface area (Å²) < 4.78 is 28.3. The van der Waals surface area contributed by atoms with Gasteiger partial charge in [-0.1, -0.05) is 127 Å². The van der Waals surface area contributed by atoms with E-state index in [1.807, 2.05) is 60.7 Å². The van der Waals surface area contributed by atoms with Crippen molar-refractivity contribution in [2.24, 2.45) is 0 Å². The summed E-state index contributed by atoms with van der Waals surface area (Å²) in [6, 6.07) is 39.3. The fourth-order valence-electron chi connectivity index (χ4n) is 8.10. The molecule has 2 aliphatic rings. The zero-order chi connectivity index (χ0) is 49.4. The van der Waals surface area contributed by atoms with Crippen molar-refractivity contribution in [3.63, 3.8) is 0 Å². The quantitative estimate of drug-likeness (QED) is 0.0274. The van der Waals surface area contributed by atoms with Crippen molar-refractivity contribution in [2.45, 2.75) is 47.7 Å². The first-order valence-electron chi connectivity index (χ1n) is 21.5. The van der Waals surface area contributed by atoms with Gasteiger partial charge in [-0.3, -0.25) is 24.1 Å². The lowest BCUT2D eigenvalue weighted by atomic mass is 9.83. The Morgan fingerprint density at radius 1 is 0.800 bits per heavy atom. The number of nitrogens with zero attached hydrogens (tertiary/aromatic N) is 3. The number of esters is 1. The fourth-order valence-corrected chi connectivity index (χ4v) is 11.4. The van der Waals surface area contributed by atoms with E-state index in [1.165, 1.54) is 42.3 Å². The number of aliphatic carboxylic acids is 1. The minimum atomic E-state index is -1.77.